The number of aromatic nitrogens is 2. The van der Waals surface area contributed by atoms with E-state index in [4.69, 9.17) is 18.0 Å². The molecule has 1 saturated heterocycles. The number of urea groups is 1. The number of nitrogens with zero attached hydrogens (tertiary/aromatic N) is 3. The van der Waals surface area contributed by atoms with Crippen LogP contribution >= 0.6 is 23.6 Å². The fourth-order valence-corrected chi connectivity index (χ4v) is 4.44. The van der Waals surface area contributed by atoms with Crippen LogP contribution in [-0.2, 0) is 5.41 Å². The average Bonchev–Trinajstić information content (AvgIpc) is 3.36. The zero-order valence-electron chi connectivity index (χ0n) is 18.7. The third-order valence-corrected chi connectivity index (χ3v) is 6.62. The molecular weight excluding hydrogens is 459 g/mol. The molecule has 0 radical (unpaired) electrons. The average molecular weight is 488 g/mol. The number of thiocarbonyl (C=S) groups is 1. The number of amides is 2. The minimum atomic E-state index is -4.43. The van der Waals surface area contributed by atoms with Crippen LogP contribution in [-0.4, -0.2) is 44.7 Å². The molecule has 3 N–H and O–H groups in total. The lowest BCUT2D eigenvalue weighted by Gasteiger charge is -2.27. The predicted octanol–water partition coefficient (Wildman–Crippen LogP) is 5.66. The van der Waals surface area contributed by atoms with E-state index in [1.54, 1.807) is 17.9 Å². The summed E-state index contributed by atoms with van der Waals surface area (Å²) < 4.78 is 40.2. The molecule has 0 saturated carbocycles. The number of aryl methyl sites for hydroxylation is 1. The number of carbonyl (C=O) groups excluding carboxylic acids is 1. The van der Waals surface area contributed by atoms with Gasteiger partial charge in [-0.05, 0) is 51.3 Å². The van der Waals surface area contributed by atoms with Gasteiger partial charge in [-0.15, -0.1) is 0 Å². The zero-order valence-corrected chi connectivity index (χ0v) is 20.3. The van der Waals surface area contributed by atoms with Gasteiger partial charge in [-0.1, -0.05) is 37.4 Å². The van der Waals surface area contributed by atoms with Crippen LogP contribution in [0.15, 0.2) is 18.3 Å². The van der Waals surface area contributed by atoms with E-state index in [2.05, 4.69) is 15.3 Å². The van der Waals surface area contributed by atoms with E-state index in [0.29, 0.717) is 27.8 Å². The van der Waals surface area contributed by atoms with Crippen molar-refractivity contribution >= 4 is 39.7 Å². The quantitative estimate of drug-likeness (QED) is 0.544. The number of alkyl halides is 3. The minimum Gasteiger partial charge on any atom is -0.392 e. The van der Waals surface area contributed by atoms with Crippen LogP contribution in [0.1, 0.15) is 51.9 Å². The van der Waals surface area contributed by atoms with Gasteiger partial charge in [0.05, 0.1) is 27.3 Å². The first-order valence-electron chi connectivity index (χ1n) is 10.3. The Labute approximate surface area is 195 Å². The third-order valence-electron chi connectivity index (χ3n) is 5.22. The molecule has 1 aliphatic heterocycles. The lowest BCUT2D eigenvalue weighted by molar-refractivity contribution is -0.181. The van der Waals surface area contributed by atoms with Gasteiger partial charge in [0.25, 0.3) is 0 Å². The maximum atomic E-state index is 13.4. The first-order valence-corrected chi connectivity index (χ1v) is 11.5. The third kappa shape index (κ3) is 5.37. The molecular formula is C21H28F3N5OS2. The van der Waals surface area contributed by atoms with Crippen LogP contribution < -0.4 is 11.1 Å². The molecule has 3 heterocycles. The molecule has 0 aromatic carbocycles. The first kappa shape index (κ1) is 26.0. The van der Waals surface area contributed by atoms with E-state index < -0.39 is 11.6 Å². The van der Waals surface area contributed by atoms with Crippen molar-refractivity contribution in [2.75, 3.05) is 11.9 Å². The summed E-state index contributed by atoms with van der Waals surface area (Å²) in [4.78, 5) is 23.4. The number of likely N-dealkylation sites (tertiary alicyclic amines) is 1. The molecule has 32 heavy (non-hydrogen) atoms. The van der Waals surface area contributed by atoms with Gasteiger partial charge in [0, 0.05) is 12.7 Å². The van der Waals surface area contributed by atoms with Crippen molar-refractivity contribution in [1.29, 1.82) is 0 Å². The van der Waals surface area contributed by atoms with Gasteiger partial charge in [-0.2, -0.15) is 13.2 Å². The van der Waals surface area contributed by atoms with Gasteiger partial charge in [0.15, 0.2) is 5.13 Å². The Bertz CT molecular complexity index is 975. The second-order valence-corrected chi connectivity index (χ2v) is 9.14. The van der Waals surface area contributed by atoms with Gasteiger partial charge in [-0.3, -0.25) is 10.3 Å². The standard InChI is InChI=1S/C19H22F3N5OS2.C2H6/c1-10-14(11-6-7-24-13(9-11)18(2,3)19(20,21)22)30-16(25-10)26-17(28)27-8-4-5-12(27)15(23)29;1-2/h6-7,9,12H,4-5,8H2,1-3H3,(H2,23,29)(H,25,26,28);1-2H3. The van der Waals surface area contributed by atoms with E-state index in [-0.39, 0.29) is 22.8 Å². The molecule has 0 aliphatic carbocycles. The fourth-order valence-electron chi connectivity index (χ4n) is 3.25. The molecule has 11 heteroatoms. The molecule has 1 aliphatic rings. The summed E-state index contributed by atoms with van der Waals surface area (Å²) >= 11 is 6.22. The lowest BCUT2D eigenvalue weighted by Crippen LogP contribution is -2.44. The summed E-state index contributed by atoms with van der Waals surface area (Å²) in [6.45, 7) is 8.48. The Balaban J connectivity index is 0.00000176. The summed E-state index contributed by atoms with van der Waals surface area (Å²) in [7, 11) is 0. The maximum absolute atomic E-state index is 13.4. The zero-order chi connectivity index (χ0) is 24.3. The van der Waals surface area contributed by atoms with Crippen LogP contribution in [0.5, 0.6) is 0 Å². The Hall–Kier alpha value is -2.27. The number of hydrogen-bond donors (Lipinski definition) is 2. The second-order valence-electron chi connectivity index (χ2n) is 7.67. The molecule has 0 spiro atoms. The van der Waals surface area contributed by atoms with E-state index in [1.165, 1.54) is 23.6 Å². The Morgan fingerprint density at radius 1 is 1.34 bits per heavy atom. The van der Waals surface area contributed by atoms with Crippen molar-refractivity contribution in [3.8, 4) is 10.4 Å². The molecule has 1 atom stereocenters. The highest BCUT2D eigenvalue weighted by molar-refractivity contribution is 7.80. The van der Waals surface area contributed by atoms with Crippen LogP contribution in [0.3, 0.4) is 0 Å². The van der Waals surface area contributed by atoms with Crippen molar-refractivity contribution in [1.82, 2.24) is 14.9 Å². The molecule has 2 aromatic rings. The molecule has 1 unspecified atom stereocenters. The Morgan fingerprint density at radius 3 is 2.59 bits per heavy atom. The van der Waals surface area contributed by atoms with Crippen LogP contribution in [0.2, 0.25) is 0 Å². The van der Waals surface area contributed by atoms with Gasteiger partial charge in [-0.25, -0.2) is 9.78 Å². The van der Waals surface area contributed by atoms with Gasteiger partial charge in [0.2, 0.25) is 0 Å². The van der Waals surface area contributed by atoms with Crippen molar-refractivity contribution in [2.45, 2.75) is 65.1 Å². The summed E-state index contributed by atoms with van der Waals surface area (Å²) in [5.41, 5.74) is 4.71. The second kappa shape index (κ2) is 10.1. The topological polar surface area (TPSA) is 84.1 Å². The van der Waals surface area contributed by atoms with E-state index in [1.807, 2.05) is 13.8 Å². The van der Waals surface area contributed by atoms with Crippen molar-refractivity contribution < 1.29 is 18.0 Å². The number of rotatable bonds is 4. The highest BCUT2D eigenvalue weighted by Crippen LogP contribution is 2.41. The molecule has 2 amide bonds. The predicted molar refractivity (Wildman–Crippen MR) is 126 cm³/mol. The Kier molecular flexibility index (Phi) is 8.22. The lowest BCUT2D eigenvalue weighted by atomic mass is 9.87. The number of thiazole rings is 1. The summed E-state index contributed by atoms with van der Waals surface area (Å²) in [5, 5.41) is 3.11. The first-order chi connectivity index (χ1) is 14.9. The van der Waals surface area contributed by atoms with E-state index >= 15 is 0 Å². The normalized spacial score (nSPS) is 16.4. The van der Waals surface area contributed by atoms with Crippen molar-refractivity contribution in [3.63, 3.8) is 0 Å². The number of nitrogens with two attached hydrogens (primary N) is 1. The maximum Gasteiger partial charge on any atom is 0.399 e. The summed E-state index contributed by atoms with van der Waals surface area (Å²) in [6, 6.07) is 2.42. The van der Waals surface area contributed by atoms with Crippen LogP contribution in [0, 0.1) is 6.92 Å². The van der Waals surface area contributed by atoms with Gasteiger partial charge < -0.3 is 10.6 Å². The molecule has 0 bridgehead atoms. The van der Waals surface area contributed by atoms with Crippen LogP contribution in [0.4, 0.5) is 23.1 Å². The number of halogens is 3. The van der Waals surface area contributed by atoms with E-state index in [9.17, 15) is 18.0 Å². The van der Waals surface area contributed by atoms with E-state index in [0.717, 1.165) is 26.7 Å². The monoisotopic (exact) mass is 487 g/mol. The highest BCUT2D eigenvalue weighted by Gasteiger charge is 2.49. The van der Waals surface area contributed by atoms with Crippen molar-refractivity contribution in [3.05, 3.63) is 29.7 Å². The highest BCUT2D eigenvalue weighted by atomic mass is 32.1. The van der Waals surface area contributed by atoms with Gasteiger partial charge >= 0.3 is 12.2 Å². The number of nitrogens with one attached hydrogen (secondary N) is 1. The molecule has 1 fully saturated rings. The number of carbonyl (C=O) groups is 1. The molecule has 2 aromatic heterocycles. The van der Waals surface area contributed by atoms with Crippen LogP contribution in [0.25, 0.3) is 10.4 Å². The summed E-state index contributed by atoms with van der Waals surface area (Å²) in [5.74, 6) is 0. The fraction of sp³-hybridized carbons (Fsp3) is 0.524. The Morgan fingerprint density at radius 2 is 2.00 bits per heavy atom. The molecule has 3 rings (SSSR count). The summed E-state index contributed by atoms with van der Waals surface area (Å²) in [6.07, 6.45) is -1.55. The molecule has 176 valence electrons. The van der Waals surface area contributed by atoms with Gasteiger partial charge in [0.1, 0.15) is 5.41 Å². The molecule has 6 nitrogen and oxygen atoms in total. The number of pyridine rings is 1. The van der Waals surface area contributed by atoms with Crippen molar-refractivity contribution in [2.24, 2.45) is 5.73 Å². The minimum absolute atomic E-state index is 0.0812. The SMILES string of the molecule is CC.Cc1nc(NC(=O)N2CCCC2C(N)=S)sc1-c1ccnc(C(C)(C)C(F)(F)F)c1. The number of hydrogen-bond acceptors (Lipinski definition) is 5. The largest absolute Gasteiger partial charge is 0.399 e. The number of anilines is 1. The smallest absolute Gasteiger partial charge is 0.392 e.